The van der Waals surface area contributed by atoms with Crippen molar-refractivity contribution in [1.82, 2.24) is 0 Å². The molecule has 63 heavy (non-hydrogen) atoms. The molecule has 10 aromatic carbocycles. The monoisotopic (exact) mass is 819 g/mol. The van der Waals surface area contributed by atoms with Crippen LogP contribution in [0.1, 0.15) is 22.3 Å². The Balaban J connectivity index is 1.05. The SMILES string of the molecule is c1ccc(-c2ccc(N(c3ccc(-c4cc5c(cc4-c4ccccc4)-c4ccccc4C5(c4ccccc4)c4ccccc4)cc3)c3ccc4sc5ccccc5c4c3)cc2)cc1. The number of nitrogens with zero attached hydrogens (tertiary/aromatic N) is 1. The average Bonchev–Trinajstić information content (AvgIpc) is 3.88. The summed E-state index contributed by atoms with van der Waals surface area (Å²) in [7, 11) is 0. The Morgan fingerprint density at radius 3 is 1.43 bits per heavy atom. The number of rotatable bonds is 8. The van der Waals surface area contributed by atoms with Gasteiger partial charge in [0.25, 0.3) is 0 Å². The quantitative estimate of drug-likeness (QED) is 0.148. The van der Waals surface area contributed by atoms with Crippen LogP contribution in [0.3, 0.4) is 0 Å². The summed E-state index contributed by atoms with van der Waals surface area (Å²) in [6, 6.07) is 91.6. The second kappa shape index (κ2) is 15.3. The number of thiophene rings is 1. The van der Waals surface area contributed by atoms with E-state index >= 15 is 0 Å². The molecule has 0 amide bonds. The molecule has 1 aromatic heterocycles. The van der Waals surface area contributed by atoms with Crippen LogP contribution in [0.4, 0.5) is 17.1 Å². The van der Waals surface area contributed by atoms with Crippen molar-refractivity contribution in [2.45, 2.75) is 5.41 Å². The molecule has 11 aromatic rings. The lowest BCUT2D eigenvalue weighted by Crippen LogP contribution is -2.28. The van der Waals surface area contributed by atoms with Crippen molar-refractivity contribution in [2.24, 2.45) is 0 Å². The summed E-state index contributed by atoms with van der Waals surface area (Å²) < 4.78 is 2.60. The van der Waals surface area contributed by atoms with Gasteiger partial charge >= 0.3 is 0 Å². The van der Waals surface area contributed by atoms with E-state index in [2.05, 4.69) is 254 Å². The van der Waals surface area contributed by atoms with Crippen molar-refractivity contribution >= 4 is 48.6 Å². The van der Waals surface area contributed by atoms with Crippen molar-refractivity contribution in [3.8, 4) is 44.5 Å². The molecule has 0 N–H and O–H groups in total. The molecule has 2 heteroatoms. The van der Waals surface area contributed by atoms with E-state index in [9.17, 15) is 0 Å². The summed E-state index contributed by atoms with van der Waals surface area (Å²) in [5, 5.41) is 2.57. The van der Waals surface area contributed by atoms with Gasteiger partial charge in [0.1, 0.15) is 0 Å². The third-order valence-corrected chi connectivity index (χ3v) is 14.1. The predicted molar refractivity (Wildman–Crippen MR) is 268 cm³/mol. The van der Waals surface area contributed by atoms with E-state index < -0.39 is 5.41 Å². The molecule has 1 aliphatic carbocycles. The summed E-state index contributed by atoms with van der Waals surface area (Å²) in [4.78, 5) is 2.40. The van der Waals surface area contributed by atoms with Crippen LogP contribution >= 0.6 is 11.3 Å². The number of fused-ring (bicyclic) bond motifs is 6. The lowest BCUT2D eigenvalue weighted by atomic mass is 9.67. The molecule has 0 radical (unpaired) electrons. The fourth-order valence-corrected chi connectivity index (χ4v) is 11.2. The zero-order chi connectivity index (χ0) is 41.7. The van der Waals surface area contributed by atoms with Crippen molar-refractivity contribution < 1.29 is 0 Å². The molecule has 0 fully saturated rings. The van der Waals surface area contributed by atoms with E-state index in [1.165, 1.54) is 86.9 Å². The summed E-state index contributed by atoms with van der Waals surface area (Å²) >= 11 is 1.86. The standard InChI is InChI=1S/C61H41NS/c1-5-17-42(18-6-1)43-29-33-48(34-30-43)62(50-37-38-60-56(39-50)52-26-14-16-28-59(52)63-60)49-35-31-45(32-36-49)54-41-58-55(40-53(54)44-19-7-2-8-20-44)51-25-13-15-27-57(51)61(58,46-21-9-3-10-22-46)47-23-11-4-12-24-47/h1-41H. The van der Waals surface area contributed by atoms with E-state index in [-0.39, 0.29) is 0 Å². The molecule has 0 saturated heterocycles. The summed E-state index contributed by atoms with van der Waals surface area (Å²) in [5.74, 6) is 0. The molecular weight excluding hydrogens is 779 g/mol. The van der Waals surface area contributed by atoms with Crippen LogP contribution in [-0.4, -0.2) is 0 Å². The second-order valence-electron chi connectivity index (χ2n) is 16.4. The van der Waals surface area contributed by atoms with Gasteiger partial charge in [0.2, 0.25) is 0 Å². The number of hydrogen-bond donors (Lipinski definition) is 0. The normalized spacial score (nSPS) is 12.6. The van der Waals surface area contributed by atoms with Gasteiger partial charge in [-0.3, -0.25) is 0 Å². The molecule has 0 unspecified atom stereocenters. The Labute approximate surface area is 372 Å². The van der Waals surface area contributed by atoms with E-state index in [0.29, 0.717) is 0 Å². The highest BCUT2D eigenvalue weighted by atomic mass is 32.1. The first kappa shape index (κ1) is 37.0. The van der Waals surface area contributed by atoms with Crippen LogP contribution in [-0.2, 0) is 5.41 Å². The van der Waals surface area contributed by atoms with Gasteiger partial charge in [-0.1, -0.05) is 188 Å². The van der Waals surface area contributed by atoms with Crippen molar-refractivity contribution in [3.63, 3.8) is 0 Å². The molecule has 1 nitrogen and oxygen atoms in total. The third kappa shape index (κ3) is 6.14. The topological polar surface area (TPSA) is 3.24 Å². The van der Waals surface area contributed by atoms with E-state index in [0.717, 1.165) is 17.1 Å². The van der Waals surface area contributed by atoms with E-state index in [1.54, 1.807) is 0 Å². The maximum atomic E-state index is 2.50. The molecule has 12 rings (SSSR count). The largest absolute Gasteiger partial charge is 0.310 e. The molecular formula is C61H41NS. The molecule has 0 spiro atoms. The minimum Gasteiger partial charge on any atom is -0.310 e. The first-order valence-electron chi connectivity index (χ1n) is 21.7. The Bertz CT molecular complexity index is 3370. The average molecular weight is 820 g/mol. The molecule has 0 atom stereocenters. The summed E-state index contributed by atoms with van der Waals surface area (Å²) in [6.45, 7) is 0. The van der Waals surface area contributed by atoms with Gasteiger partial charge in [0.15, 0.2) is 0 Å². The second-order valence-corrected chi connectivity index (χ2v) is 17.5. The number of benzene rings is 10. The van der Waals surface area contributed by atoms with Crippen LogP contribution in [0, 0.1) is 0 Å². The molecule has 1 heterocycles. The minimum atomic E-state index is -0.495. The first-order chi connectivity index (χ1) is 31.2. The van der Waals surface area contributed by atoms with Crippen LogP contribution in [0.5, 0.6) is 0 Å². The fraction of sp³-hybridized carbons (Fsp3) is 0.0164. The van der Waals surface area contributed by atoms with Gasteiger partial charge in [-0.05, 0) is 127 Å². The van der Waals surface area contributed by atoms with Crippen molar-refractivity contribution in [1.29, 1.82) is 0 Å². The van der Waals surface area contributed by atoms with Gasteiger partial charge in [-0.2, -0.15) is 0 Å². The van der Waals surface area contributed by atoms with E-state index in [4.69, 9.17) is 0 Å². The highest BCUT2D eigenvalue weighted by Crippen LogP contribution is 2.58. The van der Waals surface area contributed by atoms with Gasteiger partial charge in [-0.15, -0.1) is 11.3 Å². The Morgan fingerprint density at radius 2 is 0.762 bits per heavy atom. The third-order valence-electron chi connectivity index (χ3n) is 13.0. The number of hydrogen-bond acceptors (Lipinski definition) is 2. The maximum Gasteiger partial charge on any atom is 0.0713 e. The zero-order valence-electron chi connectivity index (χ0n) is 34.5. The highest BCUT2D eigenvalue weighted by molar-refractivity contribution is 7.25. The Morgan fingerprint density at radius 1 is 0.286 bits per heavy atom. The van der Waals surface area contributed by atoms with Crippen LogP contribution in [0.15, 0.2) is 249 Å². The van der Waals surface area contributed by atoms with E-state index in [1.807, 2.05) is 11.3 Å². The zero-order valence-corrected chi connectivity index (χ0v) is 35.3. The molecule has 0 bridgehead atoms. The fourth-order valence-electron chi connectivity index (χ4n) is 10.1. The van der Waals surface area contributed by atoms with Gasteiger partial charge in [0, 0.05) is 37.2 Å². The number of anilines is 3. The lowest BCUT2D eigenvalue weighted by molar-refractivity contribution is 0.769. The van der Waals surface area contributed by atoms with Crippen molar-refractivity contribution in [2.75, 3.05) is 4.90 Å². The van der Waals surface area contributed by atoms with Crippen LogP contribution < -0.4 is 4.90 Å². The highest BCUT2D eigenvalue weighted by Gasteiger charge is 2.46. The van der Waals surface area contributed by atoms with Crippen LogP contribution in [0.2, 0.25) is 0 Å². The van der Waals surface area contributed by atoms with Gasteiger partial charge in [0.05, 0.1) is 5.41 Å². The van der Waals surface area contributed by atoms with Crippen molar-refractivity contribution in [3.05, 3.63) is 271 Å². The van der Waals surface area contributed by atoms with Gasteiger partial charge < -0.3 is 4.90 Å². The first-order valence-corrected chi connectivity index (χ1v) is 22.5. The molecule has 0 saturated carbocycles. The lowest BCUT2D eigenvalue weighted by Gasteiger charge is -2.34. The minimum absolute atomic E-state index is 0.495. The Kier molecular flexibility index (Phi) is 8.98. The Hall–Kier alpha value is -7.78. The summed E-state index contributed by atoms with van der Waals surface area (Å²) in [5.41, 5.74) is 17.7. The van der Waals surface area contributed by atoms with Gasteiger partial charge in [-0.25, -0.2) is 0 Å². The maximum absolute atomic E-state index is 2.50. The molecule has 1 aliphatic rings. The predicted octanol–water partition coefficient (Wildman–Crippen LogP) is 16.9. The summed E-state index contributed by atoms with van der Waals surface area (Å²) in [6.07, 6.45) is 0. The smallest absolute Gasteiger partial charge is 0.0713 e. The molecule has 296 valence electrons. The molecule has 0 aliphatic heterocycles. The van der Waals surface area contributed by atoms with Crippen LogP contribution in [0.25, 0.3) is 64.7 Å².